The molecule has 0 atom stereocenters. The van der Waals surface area contributed by atoms with E-state index < -0.39 is 5.76 Å². The Labute approximate surface area is 99.9 Å². The summed E-state index contributed by atoms with van der Waals surface area (Å²) in [7, 11) is 1.45. The number of halogens is 2. The second-order valence-electron chi connectivity index (χ2n) is 3.13. The summed E-state index contributed by atoms with van der Waals surface area (Å²) in [5.41, 5.74) is 0.389. The highest BCUT2D eigenvalue weighted by atomic mass is 35.5. The fourth-order valence-corrected chi connectivity index (χ4v) is 1.48. The maximum absolute atomic E-state index is 11.2. The Hall–Kier alpha value is -1.46. The first-order valence-electron chi connectivity index (χ1n) is 4.30. The summed E-state index contributed by atoms with van der Waals surface area (Å²) >= 11 is 11.6. The van der Waals surface area contributed by atoms with E-state index in [0.717, 1.165) is 9.31 Å². The first-order chi connectivity index (χ1) is 7.50. The molecule has 1 heterocycles. The minimum absolute atomic E-state index is 0.0802. The molecule has 0 fully saturated rings. The average Bonchev–Trinajstić information content (AvgIpc) is 2.50. The largest absolute Gasteiger partial charge is 0.441 e. The van der Waals surface area contributed by atoms with Gasteiger partial charge in [0.1, 0.15) is 0 Å². The van der Waals surface area contributed by atoms with Gasteiger partial charge < -0.3 is 4.52 Å². The van der Waals surface area contributed by atoms with E-state index in [-0.39, 0.29) is 5.62 Å². The first-order valence-corrected chi connectivity index (χ1v) is 5.05. The van der Waals surface area contributed by atoms with E-state index in [2.05, 4.69) is 0 Å². The van der Waals surface area contributed by atoms with Crippen molar-refractivity contribution in [1.29, 1.82) is 5.41 Å². The van der Waals surface area contributed by atoms with E-state index >= 15 is 0 Å². The van der Waals surface area contributed by atoms with Gasteiger partial charge in [0.25, 0.3) is 0 Å². The highest BCUT2D eigenvalue weighted by Gasteiger charge is 2.08. The van der Waals surface area contributed by atoms with Gasteiger partial charge in [-0.25, -0.2) is 9.36 Å². The summed E-state index contributed by atoms with van der Waals surface area (Å²) in [4.78, 5) is 11.2. The zero-order valence-electron chi connectivity index (χ0n) is 8.20. The molecule has 1 aromatic carbocycles. The van der Waals surface area contributed by atoms with Crippen LogP contribution in [0.1, 0.15) is 0 Å². The van der Waals surface area contributed by atoms with Crippen molar-refractivity contribution < 1.29 is 4.52 Å². The van der Waals surface area contributed by atoms with Gasteiger partial charge in [-0.1, -0.05) is 23.2 Å². The van der Waals surface area contributed by atoms with Crippen LogP contribution in [0.2, 0.25) is 10.0 Å². The number of benzene rings is 1. The molecule has 2 rings (SSSR count). The quantitative estimate of drug-likeness (QED) is 0.845. The minimum Gasteiger partial charge on any atom is -0.313 e. The SMILES string of the molecule is Cn1c(=O)on(-c2ccc(Cl)c(Cl)c2)c1=N. The Balaban J connectivity index is 2.68. The molecule has 0 aliphatic carbocycles. The Morgan fingerprint density at radius 3 is 2.50 bits per heavy atom. The normalized spacial score (nSPS) is 10.7. The Morgan fingerprint density at radius 2 is 2.00 bits per heavy atom. The van der Waals surface area contributed by atoms with Crippen LogP contribution in [0.25, 0.3) is 5.69 Å². The molecular weight excluding hydrogens is 253 g/mol. The average molecular weight is 260 g/mol. The molecule has 0 spiro atoms. The second-order valence-corrected chi connectivity index (χ2v) is 3.95. The van der Waals surface area contributed by atoms with Gasteiger partial charge in [0.2, 0.25) is 5.62 Å². The fraction of sp³-hybridized carbons (Fsp3) is 0.111. The van der Waals surface area contributed by atoms with Crippen molar-refractivity contribution in [2.45, 2.75) is 0 Å². The molecule has 7 heteroatoms. The molecule has 0 saturated heterocycles. The van der Waals surface area contributed by atoms with Gasteiger partial charge in [-0.05, 0) is 18.2 Å². The highest BCUT2D eigenvalue weighted by Crippen LogP contribution is 2.23. The van der Waals surface area contributed by atoms with Crippen molar-refractivity contribution in [3.63, 3.8) is 0 Å². The van der Waals surface area contributed by atoms with Crippen molar-refractivity contribution in [1.82, 2.24) is 9.31 Å². The smallest absolute Gasteiger partial charge is 0.313 e. The highest BCUT2D eigenvalue weighted by molar-refractivity contribution is 6.42. The minimum atomic E-state index is -0.615. The standard InChI is InChI=1S/C9H7Cl2N3O2/c1-13-8(12)14(16-9(13)15)5-2-3-6(10)7(11)4-5/h2-4,12H,1H3. The molecule has 2 aromatic rings. The van der Waals surface area contributed by atoms with Crippen LogP contribution >= 0.6 is 23.2 Å². The van der Waals surface area contributed by atoms with E-state index in [0.29, 0.717) is 15.7 Å². The van der Waals surface area contributed by atoms with Crippen molar-refractivity contribution in [2.24, 2.45) is 7.05 Å². The molecule has 0 aliphatic rings. The van der Waals surface area contributed by atoms with E-state index in [4.69, 9.17) is 33.1 Å². The number of rotatable bonds is 1. The molecule has 1 aromatic heterocycles. The van der Waals surface area contributed by atoms with Gasteiger partial charge in [-0.3, -0.25) is 5.41 Å². The van der Waals surface area contributed by atoms with Crippen molar-refractivity contribution in [2.75, 3.05) is 0 Å². The summed E-state index contributed by atoms with van der Waals surface area (Å²) in [6.45, 7) is 0. The molecule has 16 heavy (non-hydrogen) atoms. The van der Waals surface area contributed by atoms with Crippen LogP contribution in [0.15, 0.2) is 27.5 Å². The third kappa shape index (κ3) is 1.68. The zero-order valence-corrected chi connectivity index (χ0v) is 9.71. The van der Waals surface area contributed by atoms with Crippen LogP contribution in [-0.2, 0) is 7.05 Å². The lowest BCUT2D eigenvalue weighted by molar-refractivity contribution is 0.309. The van der Waals surface area contributed by atoms with Crippen LogP contribution in [0.4, 0.5) is 0 Å². The van der Waals surface area contributed by atoms with E-state index in [1.165, 1.54) is 13.1 Å². The van der Waals surface area contributed by atoms with Gasteiger partial charge in [0.15, 0.2) is 0 Å². The summed E-state index contributed by atoms with van der Waals surface area (Å²) in [5.74, 6) is -0.615. The van der Waals surface area contributed by atoms with Gasteiger partial charge in [-0.15, -0.1) is 4.74 Å². The molecule has 0 radical (unpaired) electrons. The number of hydrogen-bond acceptors (Lipinski definition) is 3. The van der Waals surface area contributed by atoms with Gasteiger partial charge in [0.05, 0.1) is 15.7 Å². The molecule has 0 aliphatic heterocycles. The third-order valence-electron chi connectivity index (χ3n) is 2.09. The maximum atomic E-state index is 11.2. The van der Waals surface area contributed by atoms with E-state index in [1.807, 2.05) is 0 Å². The molecular formula is C9H7Cl2N3O2. The summed E-state index contributed by atoms with van der Waals surface area (Å²) < 4.78 is 7.01. The lowest BCUT2D eigenvalue weighted by atomic mass is 10.3. The Morgan fingerprint density at radius 1 is 1.31 bits per heavy atom. The predicted molar refractivity (Wildman–Crippen MR) is 59.2 cm³/mol. The molecule has 0 amide bonds. The van der Waals surface area contributed by atoms with Crippen LogP contribution in [0, 0.1) is 5.41 Å². The molecule has 5 nitrogen and oxygen atoms in total. The van der Waals surface area contributed by atoms with Crippen molar-refractivity contribution in [3.05, 3.63) is 44.4 Å². The maximum Gasteiger partial charge on any atom is 0.441 e. The second kappa shape index (κ2) is 3.84. The number of aromatic nitrogens is 2. The third-order valence-corrected chi connectivity index (χ3v) is 2.83. The topological polar surface area (TPSA) is 63.9 Å². The van der Waals surface area contributed by atoms with E-state index in [1.54, 1.807) is 12.1 Å². The zero-order chi connectivity index (χ0) is 11.9. The molecule has 1 N–H and O–H groups in total. The van der Waals surface area contributed by atoms with Crippen LogP contribution in [0.3, 0.4) is 0 Å². The summed E-state index contributed by atoms with van der Waals surface area (Å²) in [5, 5.41) is 8.36. The lowest BCUT2D eigenvalue weighted by Gasteiger charge is -2.01. The molecule has 0 bridgehead atoms. The molecule has 84 valence electrons. The van der Waals surface area contributed by atoms with E-state index in [9.17, 15) is 4.79 Å². The van der Waals surface area contributed by atoms with Gasteiger partial charge in [0, 0.05) is 7.05 Å². The van der Waals surface area contributed by atoms with Crippen LogP contribution in [-0.4, -0.2) is 9.31 Å². The lowest BCUT2D eigenvalue weighted by Crippen LogP contribution is -2.25. The monoisotopic (exact) mass is 259 g/mol. The summed E-state index contributed by atoms with van der Waals surface area (Å²) in [6.07, 6.45) is 0. The molecule has 0 unspecified atom stereocenters. The van der Waals surface area contributed by atoms with Crippen LogP contribution in [0.5, 0.6) is 0 Å². The summed E-state index contributed by atoms with van der Waals surface area (Å²) in [6, 6.07) is 4.69. The van der Waals surface area contributed by atoms with Crippen molar-refractivity contribution >= 4 is 23.2 Å². The molecule has 0 saturated carbocycles. The predicted octanol–water partition coefficient (Wildman–Crippen LogP) is 1.56. The van der Waals surface area contributed by atoms with Crippen molar-refractivity contribution in [3.8, 4) is 5.69 Å². The number of nitrogens with zero attached hydrogens (tertiary/aromatic N) is 2. The van der Waals surface area contributed by atoms with Gasteiger partial charge >= 0.3 is 5.76 Å². The Bertz CT molecular complexity index is 654. The van der Waals surface area contributed by atoms with Crippen LogP contribution < -0.4 is 11.4 Å². The Kier molecular flexibility index (Phi) is 2.65. The number of nitrogens with one attached hydrogen (secondary N) is 1. The number of hydrogen-bond donors (Lipinski definition) is 1. The first kappa shape index (κ1) is 11.0. The van der Waals surface area contributed by atoms with Gasteiger partial charge in [-0.2, -0.15) is 0 Å². The fourth-order valence-electron chi connectivity index (χ4n) is 1.19.